The minimum Gasteiger partial charge on any atom is -0.481 e. The van der Waals surface area contributed by atoms with Crippen LogP contribution in [0.15, 0.2) is 35.5 Å². The van der Waals surface area contributed by atoms with Gasteiger partial charge in [-0.15, -0.1) is 0 Å². The highest BCUT2D eigenvalue weighted by molar-refractivity contribution is 6.07. The Morgan fingerprint density at radius 2 is 1.79 bits per heavy atom. The third-order valence-corrected chi connectivity index (χ3v) is 5.39. The first-order valence-electron chi connectivity index (χ1n) is 9.24. The molecule has 0 radical (unpaired) electrons. The number of fused-ring (bicyclic) bond motifs is 5. The third kappa shape index (κ3) is 2.89. The van der Waals surface area contributed by atoms with Crippen molar-refractivity contribution >= 4 is 23.7 Å². The highest BCUT2D eigenvalue weighted by Gasteiger charge is 2.59. The zero-order valence-electron chi connectivity index (χ0n) is 15.9. The zero-order valence-corrected chi connectivity index (χ0v) is 15.9. The maximum atomic E-state index is 12.7. The normalized spacial score (nSPS) is 28.5. The molecule has 28 heavy (non-hydrogen) atoms. The highest BCUT2D eigenvalue weighted by atomic mass is 16.6. The lowest BCUT2D eigenvalue weighted by Gasteiger charge is -2.22. The number of nitrogens with zero attached hydrogens (tertiary/aromatic N) is 3. The van der Waals surface area contributed by atoms with Crippen molar-refractivity contribution in [2.24, 2.45) is 28.8 Å². The molecule has 2 amide bonds. The number of rotatable bonds is 4. The molecule has 8 heteroatoms. The van der Waals surface area contributed by atoms with E-state index < -0.39 is 10.5 Å². The summed E-state index contributed by atoms with van der Waals surface area (Å²) >= 11 is 0. The summed E-state index contributed by atoms with van der Waals surface area (Å²) in [4.78, 5) is 36.3. The highest BCUT2D eigenvalue weighted by Crippen LogP contribution is 2.52. The Labute approximate surface area is 162 Å². The molecule has 1 aromatic carbocycles. The molecule has 0 aromatic heterocycles. The van der Waals surface area contributed by atoms with Crippen LogP contribution in [0.25, 0.3) is 0 Å². The number of nitro groups is 1. The molecular formula is C20H21N3O5. The van der Waals surface area contributed by atoms with Gasteiger partial charge in [-0.05, 0) is 45.1 Å². The van der Waals surface area contributed by atoms with Crippen molar-refractivity contribution in [3.8, 4) is 5.75 Å². The van der Waals surface area contributed by atoms with Gasteiger partial charge >= 0.3 is 5.69 Å². The number of nitro benzene ring substituents is 1. The molecule has 1 saturated carbocycles. The molecule has 3 aliphatic rings. The lowest BCUT2D eigenvalue weighted by molar-refractivity contribution is -0.386. The molecule has 1 heterocycles. The molecule has 2 bridgehead atoms. The van der Waals surface area contributed by atoms with E-state index in [1.807, 2.05) is 12.2 Å². The van der Waals surface area contributed by atoms with E-state index in [0.29, 0.717) is 5.56 Å². The number of benzene rings is 1. The van der Waals surface area contributed by atoms with E-state index in [1.54, 1.807) is 26.8 Å². The minimum absolute atomic E-state index is 0.0600. The molecular weight excluding hydrogens is 362 g/mol. The smallest absolute Gasteiger partial charge is 0.311 e. The Kier molecular flexibility index (Phi) is 4.10. The van der Waals surface area contributed by atoms with E-state index in [9.17, 15) is 19.7 Å². The van der Waals surface area contributed by atoms with Crippen molar-refractivity contribution in [1.82, 2.24) is 5.01 Å². The molecule has 4 atom stereocenters. The number of carbonyl (C=O) groups is 2. The largest absolute Gasteiger partial charge is 0.481 e. The SMILES string of the molecule is CC(C)(C)Oc1c(C=NN2C(=O)[C@@H]3[C@H](C2=O)[C@H]2C=C[C@H]3C2)cccc1[N+](=O)[O-]. The Morgan fingerprint density at radius 3 is 2.32 bits per heavy atom. The summed E-state index contributed by atoms with van der Waals surface area (Å²) in [5.41, 5.74) is -0.532. The number of imide groups is 1. The van der Waals surface area contributed by atoms with Crippen molar-refractivity contribution in [2.45, 2.75) is 32.8 Å². The van der Waals surface area contributed by atoms with E-state index in [2.05, 4.69) is 5.10 Å². The van der Waals surface area contributed by atoms with Crippen LogP contribution in [0.3, 0.4) is 0 Å². The molecule has 1 aliphatic heterocycles. The molecule has 2 aliphatic carbocycles. The number of amides is 2. The Morgan fingerprint density at radius 1 is 1.18 bits per heavy atom. The number of ether oxygens (including phenoxy) is 1. The first-order chi connectivity index (χ1) is 13.2. The van der Waals surface area contributed by atoms with Crippen LogP contribution in [-0.4, -0.2) is 33.6 Å². The van der Waals surface area contributed by atoms with Gasteiger partial charge in [-0.25, -0.2) is 0 Å². The summed E-state index contributed by atoms with van der Waals surface area (Å²) in [5, 5.41) is 16.4. The number of allylic oxidation sites excluding steroid dienone is 2. The molecule has 0 spiro atoms. The van der Waals surface area contributed by atoms with Crippen LogP contribution in [0.5, 0.6) is 5.75 Å². The van der Waals surface area contributed by atoms with E-state index in [0.717, 1.165) is 11.4 Å². The molecule has 4 rings (SSSR count). The first kappa shape index (κ1) is 18.3. The summed E-state index contributed by atoms with van der Waals surface area (Å²) in [6, 6.07) is 4.47. The molecule has 1 saturated heterocycles. The number of hydrogen-bond acceptors (Lipinski definition) is 6. The maximum absolute atomic E-state index is 12.7. The maximum Gasteiger partial charge on any atom is 0.311 e. The zero-order chi connectivity index (χ0) is 20.2. The van der Waals surface area contributed by atoms with Crippen LogP contribution in [-0.2, 0) is 9.59 Å². The standard InChI is InChI=1S/C20H21N3O5/c1-20(2,3)28-17-13(5-4-6-14(17)23(26)27)10-21-22-18(24)15-11-7-8-12(9-11)16(15)19(22)25/h4-8,10-12,15-16H,9H2,1-3H3/t11-,12-,15-,16+/m0/s1. The average molecular weight is 383 g/mol. The van der Waals surface area contributed by atoms with Crippen molar-refractivity contribution in [2.75, 3.05) is 0 Å². The molecule has 1 aromatic rings. The van der Waals surface area contributed by atoms with Crippen LogP contribution in [0.1, 0.15) is 32.8 Å². The topological polar surface area (TPSA) is 102 Å². The van der Waals surface area contributed by atoms with Crippen molar-refractivity contribution in [1.29, 1.82) is 0 Å². The minimum atomic E-state index is -0.671. The number of carbonyl (C=O) groups excluding carboxylic acids is 2. The van der Waals surface area contributed by atoms with Crippen LogP contribution < -0.4 is 4.74 Å². The predicted octanol–water partition coefficient (Wildman–Crippen LogP) is 2.91. The second-order valence-corrected chi connectivity index (χ2v) is 8.40. The van der Waals surface area contributed by atoms with Crippen molar-refractivity contribution in [3.63, 3.8) is 0 Å². The lowest BCUT2D eigenvalue weighted by atomic mass is 9.85. The summed E-state index contributed by atoms with van der Waals surface area (Å²) in [6.07, 6.45) is 6.17. The van der Waals surface area contributed by atoms with Crippen LogP contribution in [0.4, 0.5) is 5.69 Å². The summed E-state index contributed by atoms with van der Waals surface area (Å²) < 4.78 is 5.78. The lowest BCUT2D eigenvalue weighted by Crippen LogP contribution is -2.28. The van der Waals surface area contributed by atoms with Crippen LogP contribution in [0.2, 0.25) is 0 Å². The molecule has 146 valence electrons. The fraction of sp³-hybridized carbons (Fsp3) is 0.450. The molecule has 0 unspecified atom stereocenters. The van der Waals surface area contributed by atoms with Gasteiger partial charge in [0.05, 0.1) is 23.0 Å². The van der Waals surface area contributed by atoms with Crippen LogP contribution in [0, 0.1) is 33.8 Å². The van der Waals surface area contributed by atoms with Gasteiger partial charge in [0, 0.05) is 11.6 Å². The van der Waals surface area contributed by atoms with Crippen LogP contribution >= 0.6 is 0 Å². The summed E-state index contributed by atoms with van der Waals surface area (Å²) in [6.45, 7) is 5.34. The first-order valence-corrected chi connectivity index (χ1v) is 9.24. The number of hydrazone groups is 1. The number of hydrogen-bond donors (Lipinski definition) is 0. The van der Waals surface area contributed by atoms with Gasteiger partial charge in [0.2, 0.25) is 5.75 Å². The van der Waals surface area contributed by atoms with E-state index >= 15 is 0 Å². The third-order valence-electron chi connectivity index (χ3n) is 5.39. The number of para-hydroxylation sites is 1. The van der Waals surface area contributed by atoms with E-state index in [1.165, 1.54) is 18.3 Å². The monoisotopic (exact) mass is 383 g/mol. The molecule has 2 fully saturated rings. The Balaban J connectivity index is 1.65. The summed E-state index contributed by atoms with van der Waals surface area (Å²) in [5.74, 6) is -1.01. The molecule has 8 nitrogen and oxygen atoms in total. The fourth-order valence-electron chi connectivity index (χ4n) is 4.33. The van der Waals surface area contributed by atoms with Crippen molar-refractivity contribution in [3.05, 3.63) is 46.0 Å². The second kappa shape index (κ2) is 6.25. The van der Waals surface area contributed by atoms with Crippen molar-refractivity contribution < 1.29 is 19.2 Å². The Bertz CT molecular complexity index is 900. The fourth-order valence-corrected chi connectivity index (χ4v) is 4.33. The second-order valence-electron chi connectivity index (χ2n) is 8.40. The van der Waals surface area contributed by atoms with E-state index in [4.69, 9.17) is 4.74 Å². The van der Waals surface area contributed by atoms with E-state index in [-0.39, 0.29) is 46.9 Å². The quantitative estimate of drug-likeness (QED) is 0.261. The predicted molar refractivity (Wildman–Crippen MR) is 101 cm³/mol. The van der Waals surface area contributed by atoms with Gasteiger partial charge in [0.25, 0.3) is 11.8 Å². The Hall–Kier alpha value is -3.03. The van der Waals surface area contributed by atoms with Gasteiger partial charge in [0.1, 0.15) is 5.60 Å². The molecule has 0 N–H and O–H groups in total. The van der Waals surface area contributed by atoms with Gasteiger partial charge < -0.3 is 4.74 Å². The summed E-state index contributed by atoms with van der Waals surface area (Å²) in [7, 11) is 0. The van der Waals surface area contributed by atoms with Gasteiger partial charge in [-0.3, -0.25) is 19.7 Å². The van der Waals surface area contributed by atoms with Gasteiger partial charge in [-0.2, -0.15) is 10.1 Å². The van der Waals surface area contributed by atoms with Gasteiger partial charge in [0.15, 0.2) is 0 Å². The van der Waals surface area contributed by atoms with Gasteiger partial charge in [-0.1, -0.05) is 18.2 Å². The average Bonchev–Trinajstić information content (AvgIpc) is 3.27.